The lowest BCUT2D eigenvalue weighted by Gasteiger charge is -2.05. The van der Waals surface area contributed by atoms with Crippen molar-refractivity contribution in [2.45, 2.75) is 13.3 Å². The summed E-state index contributed by atoms with van der Waals surface area (Å²) in [4.78, 5) is 14.4. The van der Waals surface area contributed by atoms with Crippen molar-refractivity contribution in [3.05, 3.63) is 53.1 Å². The molecule has 1 heterocycles. The Hall–Kier alpha value is -2.89. The predicted octanol–water partition coefficient (Wildman–Crippen LogP) is 4.06. The van der Waals surface area contributed by atoms with Crippen LogP contribution in [0.15, 0.2) is 30.3 Å². The fourth-order valence-corrected chi connectivity index (χ4v) is 2.87. The first-order valence-corrected chi connectivity index (χ1v) is 7.27. The molecule has 0 radical (unpaired) electrons. The first-order chi connectivity index (χ1) is 11.4. The van der Waals surface area contributed by atoms with Crippen LogP contribution in [-0.2, 0) is 11.2 Å². The zero-order chi connectivity index (χ0) is 17.4. The van der Waals surface area contributed by atoms with Crippen LogP contribution in [-0.4, -0.2) is 23.2 Å². The Bertz CT molecular complexity index is 947. The van der Waals surface area contributed by atoms with Crippen LogP contribution in [0.3, 0.4) is 0 Å². The van der Waals surface area contributed by atoms with E-state index in [1.165, 1.54) is 13.2 Å². The number of nitrogens with one attached hydrogen (secondary N) is 1. The Kier molecular flexibility index (Phi) is 3.97. The van der Waals surface area contributed by atoms with E-state index in [0.717, 1.165) is 17.7 Å². The minimum absolute atomic E-state index is 0.127. The molecule has 0 spiro atoms. The van der Waals surface area contributed by atoms with Crippen molar-refractivity contribution in [2.24, 2.45) is 0 Å². The van der Waals surface area contributed by atoms with Gasteiger partial charge >= 0.3 is 5.97 Å². The van der Waals surface area contributed by atoms with E-state index in [2.05, 4.69) is 4.98 Å². The molecule has 2 aromatic carbocycles. The number of aromatic nitrogens is 1. The maximum Gasteiger partial charge on any atom is 0.307 e. The van der Waals surface area contributed by atoms with E-state index in [4.69, 9.17) is 4.74 Å². The van der Waals surface area contributed by atoms with E-state index in [1.807, 2.05) is 6.92 Å². The van der Waals surface area contributed by atoms with Gasteiger partial charge in [-0.25, -0.2) is 8.78 Å². The van der Waals surface area contributed by atoms with Crippen molar-refractivity contribution in [1.29, 1.82) is 0 Å². The number of benzene rings is 2. The summed E-state index contributed by atoms with van der Waals surface area (Å²) < 4.78 is 32.6. The van der Waals surface area contributed by atoms with E-state index < -0.39 is 17.6 Å². The Labute approximate surface area is 136 Å². The third-order valence-corrected chi connectivity index (χ3v) is 3.95. The number of H-pyrrole nitrogens is 1. The molecule has 0 saturated heterocycles. The SMILES string of the molecule is COc1cc(C)c2[nH]c(-c3ccc(F)cc3F)c(CC(=O)O)c2c1. The maximum atomic E-state index is 14.2. The minimum atomic E-state index is -1.04. The number of rotatable bonds is 4. The normalized spacial score (nSPS) is 11.0. The van der Waals surface area contributed by atoms with Crippen molar-refractivity contribution in [3.8, 4) is 17.0 Å². The highest BCUT2D eigenvalue weighted by molar-refractivity contribution is 5.96. The van der Waals surface area contributed by atoms with Crippen LogP contribution in [0.4, 0.5) is 8.78 Å². The van der Waals surface area contributed by atoms with E-state index in [0.29, 0.717) is 27.9 Å². The molecule has 0 aliphatic rings. The van der Waals surface area contributed by atoms with Crippen LogP contribution in [0.25, 0.3) is 22.2 Å². The number of hydrogen-bond acceptors (Lipinski definition) is 2. The van der Waals surface area contributed by atoms with Gasteiger partial charge in [0.2, 0.25) is 0 Å². The van der Waals surface area contributed by atoms with Crippen molar-refractivity contribution >= 4 is 16.9 Å². The Balaban J connectivity index is 2.34. The predicted molar refractivity (Wildman–Crippen MR) is 86.3 cm³/mol. The molecule has 0 atom stereocenters. The summed E-state index contributed by atoms with van der Waals surface area (Å²) in [7, 11) is 1.52. The molecule has 3 aromatic rings. The topological polar surface area (TPSA) is 62.3 Å². The monoisotopic (exact) mass is 331 g/mol. The number of ether oxygens (including phenoxy) is 1. The molecule has 0 fully saturated rings. The van der Waals surface area contributed by atoms with E-state index in [-0.39, 0.29) is 12.0 Å². The highest BCUT2D eigenvalue weighted by atomic mass is 19.1. The fourth-order valence-electron chi connectivity index (χ4n) is 2.87. The maximum absolute atomic E-state index is 14.2. The number of aliphatic carboxylic acids is 1. The number of carbonyl (C=O) groups is 1. The van der Waals surface area contributed by atoms with Crippen LogP contribution in [0, 0.1) is 18.6 Å². The average molecular weight is 331 g/mol. The van der Waals surface area contributed by atoms with E-state index >= 15 is 0 Å². The second kappa shape index (κ2) is 5.96. The van der Waals surface area contributed by atoms with Gasteiger partial charge < -0.3 is 14.8 Å². The molecule has 0 saturated carbocycles. The molecule has 0 aliphatic heterocycles. The van der Waals surface area contributed by atoms with Gasteiger partial charge in [-0.15, -0.1) is 0 Å². The van der Waals surface area contributed by atoms with Gasteiger partial charge in [0, 0.05) is 22.5 Å². The van der Waals surface area contributed by atoms with Crippen LogP contribution in [0.1, 0.15) is 11.1 Å². The smallest absolute Gasteiger partial charge is 0.307 e. The Morgan fingerprint density at radius 2 is 2.00 bits per heavy atom. The highest BCUT2D eigenvalue weighted by Gasteiger charge is 2.20. The molecule has 3 rings (SSSR count). The quantitative estimate of drug-likeness (QED) is 0.758. The highest BCUT2D eigenvalue weighted by Crippen LogP contribution is 2.36. The zero-order valence-corrected chi connectivity index (χ0v) is 13.1. The third kappa shape index (κ3) is 2.71. The summed E-state index contributed by atoms with van der Waals surface area (Å²) in [5.74, 6) is -1.90. The lowest BCUT2D eigenvalue weighted by molar-refractivity contribution is -0.136. The summed E-state index contributed by atoms with van der Waals surface area (Å²) in [6.07, 6.45) is -0.293. The van der Waals surface area contributed by atoms with Crippen molar-refractivity contribution in [3.63, 3.8) is 0 Å². The summed E-state index contributed by atoms with van der Waals surface area (Å²) in [5.41, 5.74) is 2.43. The molecule has 6 heteroatoms. The number of methoxy groups -OCH3 is 1. The van der Waals surface area contributed by atoms with Crippen LogP contribution >= 0.6 is 0 Å². The van der Waals surface area contributed by atoms with Crippen LogP contribution in [0.2, 0.25) is 0 Å². The van der Waals surface area contributed by atoms with Gasteiger partial charge in [-0.3, -0.25) is 4.79 Å². The molecule has 4 nitrogen and oxygen atoms in total. The van der Waals surface area contributed by atoms with E-state index in [9.17, 15) is 18.7 Å². The average Bonchev–Trinajstić information content (AvgIpc) is 2.86. The first-order valence-electron chi connectivity index (χ1n) is 7.27. The molecular weight excluding hydrogens is 316 g/mol. The lowest BCUT2D eigenvalue weighted by atomic mass is 10.0. The van der Waals surface area contributed by atoms with Crippen LogP contribution < -0.4 is 4.74 Å². The second-order valence-electron chi connectivity index (χ2n) is 5.54. The molecule has 0 bridgehead atoms. The van der Waals surface area contributed by atoms with Crippen molar-refractivity contribution in [2.75, 3.05) is 7.11 Å². The Morgan fingerprint density at radius 3 is 2.62 bits per heavy atom. The minimum Gasteiger partial charge on any atom is -0.497 e. The van der Waals surface area contributed by atoms with Gasteiger partial charge in [0.1, 0.15) is 17.4 Å². The van der Waals surface area contributed by atoms with Crippen molar-refractivity contribution < 1.29 is 23.4 Å². The van der Waals surface area contributed by atoms with Crippen LogP contribution in [0.5, 0.6) is 5.75 Å². The van der Waals surface area contributed by atoms with E-state index in [1.54, 1.807) is 12.1 Å². The number of fused-ring (bicyclic) bond motifs is 1. The fraction of sp³-hybridized carbons (Fsp3) is 0.167. The molecule has 1 aromatic heterocycles. The van der Waals surface area contributed by atoms with Gasteiger partial charge in [-0.2, -0.15) is 0 Å². The molecule has 0 aliphatic carbocycles. The van der Waals surface area contributed by atoms with Gasteiger partial charge in [0.05, 0.1) is 19.2 Å². The number of aryl methyl sites for hydroxylation is 1. The molecule has 0 amide bonds. The Morgan fingerprint density at radius 1 is 1.25 bits per heavy atom. The number of carboxylic acids is 1. The third-order valence-electron chi connectivity index (χ3n) is 3.95. The molecule has 24 heavy (non-hydrogen) atoms. The van der Waals surface area contributed by atoms with Gasteiger partial charge in [-0.1, -0.05) is 0 Å². The summed E-state index contributed by atoms with van der Waals surface area (Å²) in [6, 6.07) is 6.73. The lowest BCUT2D eigenvalue weighted by Crippen LogP contribution is -2.01. The zero-order valence-electron chi connectivity index (χ0n) is 13.1. The van der Waals surface area contributed by atoms with Gasteiger partial charge in [0.25, 0.3) is 0 Å². The number of hydrogen-bond donors (Lipinski definition) is 2. The summed E-state index contributed by atoms with van der Waals surface area (Å²) in [6.45, 7) is 1.84. The standard InChI is InChI=1S/C18H15F2NO3/c1-9-5-11(24-2)7-13-14(8-16(22)23)18(21-17(9)13)12-4-3-10(19)6-15(12)20/h3-7,21H,8H2,1-2H3,(H,22,23). The number of halogens is 2. The molecular formula is C18H15F2NO3. The van der Waals surface area contributed by atoms with Crippen molar-refractivity contribution in [1.82, 2.24) is 4.98 Å². The molecule has 2 N–H and O–H groups in total. The largest absolute Gasteiger partial charge is 0.497 e. The summed E-state index contributed by atoms with van der Waals surface area (Å²) >= 11 is 0. The second-order valence-corrected chi connectivity index (χ2v) is 5.54. The van der Waals surface area contributed by atoms with Gasteiger partial charge in [-0.05, 0) is 42.3 Å². The van der Waals surface area contributed by atoms with Gasteiger partial charge in [0.15, 0.2) is 0 Å². The summed E-state index contributed by atoms with van der Waals surface area (Å²) in [5, 5.41) is 9.87. The first kappa shape index (κ1) is 16.0. The molecule has 124 valence electrons. The number of aromatic amines is 1. The molecule has 0 unspecified atom stereocenters. The number of carboxylic acid groups (broad SMARTS) is 1.